The van der Waals surface area contributed by atoms with Gasteiger partial charge in [0.05, 0.1) is 6.42 Å². The second-order valence-corrected chi connectivity index (χ2v) is 6.54. The van der Waals surface area contributed by atoms with Crippen LogP contribution in [0.5, 0.6) is 0 Å². The fourth-order valence-corrected chi connectivity index (χ4v) is 2.47. The van der Waals surface area contributed by atoms with Crippen LogP contribution in [0.1, 0.15) is 65.2 Å². The molecule has 3 N–H and O–H groups in total. The topological polar surface area (TPSA) is 78.4 Å². The average Bonchev–Trinajstić information content (AvgIpc) is 3.20. The summed E-state index contributed by atoms with van der Waals surface area (Å²) in [6.07, 6.45) is 7.92. The molecule has 0 bridgehead atoms. The fourth-order valence-electron chi connectivity index (χ4n) is 2.47. The van der Waals surface area contributed by atoms with Gasteiger partial charge in [0.1, 0.15) is 0 Å². The summed E-state index contributed by atoms with van der Waals surface area (Å²) in [5.74, 6) is 0.266. The Bertz CT molecular complexity index is 327. The van der Waals surface area contributed by atoms with Crippen LogP contribution in [0.2, 0.25) is 0 Å². The first-order valence-electron chi connectivity index (χ1n) is 8.25. The van der Waals surface area contributed by atoms with Gasteiger partial charge in [0, 0.05) is 12.6 Å². The Morgan fingerprint density at radius 1 is 1.14 bits per heavy atom. The first-order valence-corrected chi connectivity index (χ1v) is 8.25. The minimum Gasteiger partial charge on any atom is -0.481 e. The molecule has 1 atom stereocenters. The molecule has 5 heteroatoms. The van der Waals surface area contributed by atoms with Crippen molar-refractivity contribution >= 4 is 12.0 Å². The molecule has 0 aromatic rings. The molecular formula is C16H30N2O3. The number of carbonyl (C=O) groups excluding carboxylic acids is 1. The number of carboxylic acids is 1. The molecule has 2 amide bonds. The Labute approximate surface area is 127 Å². The summed E-state index contributed by atoms with van der Waals surface area (Å²) in [6.45, 7) is 5.14. The molecule has 21 heavy (non-hydrogen) atoms. The maximum atomic E-state index is 11.7. The molecule has 5 nitrogen and oxygen atoms in total. The van der Waals surface area contributed by atoms with E-state index < -0.39 is 5.97 Å². The van der Waals surface area contributed by atoms with E-state index in [0.29, 0.717) is 12.5 Å². The molecule has 1 aliphatic rings. The zero-order valence-corrected chi connectivity index (χ0v) is 13.4. The van der Waals surface area contributed by atoms with Crippen molar-refractivity contribution in [1.82, 2.24) is 10.6 Å². The largest absolute Gasteiger partial charge is 0.481 e. The van der Waals surface area contributed by atoms with Crippen LogP contribution in [0.3, 0.4) is 0 Å². The van der Waals surface area contributed by atoms with Gasteiger partial charge in [-0.15, -0.1) is 0 Å². The van der Waals surface area contributed by atoms with E-state index in [1.165, 1.54) is 19.3 Å². The first kappa shape index (κ1) is 17.8. The first-order chi connectivity index (χ1) is 9.99. The summed E-state index contributed by atoms with van der Waals surface area (Å²) in [4.78, 5) is 22.5. The molecule has 1 unspecified atom stereocenters. The van der Waals surface area contributed by atoms with Crippen LogP contribution in [-0.4, -0.2) is 29.7 Å². The zero-order valence-electron chi connectivity index (χ0n) is 13.4. The molecule has 1 saturated carbocycles. The Morgan fingerprint density at radius 3 is 2.38 bits per heavy atom. The van der Waals surface area contributed by atoms with Gasteiger partial charge in [-0.1, -0.05) is 39.5 Å². The van der Waals surface area contributed by atoms with Gasteiger partial charge in [0.15, 0.2) is 0 Å². The highest BCUT2D eigenvalue weighted by atomic mass is 16.4. The van der Waals surface area contributed by atoms with Gasteiger partial charge in [0.2, 0.25) is 0 Å². The van der Waals surface area contributed by atoms with Crippen LogP contribution in [0, 0.1) is 11.8 Å². The van der Waals surface area contributed by atoms with Crippen molar-refractivity contribution in [3.8, 4) is 0 Å². The molecule has 0 radical (unpaired) electrons. The third kappa shape index (κ3) is 9.32. The van der Waals surface area contributed by atoms with E-state index >= 15 is 0 Å². The summed E-state index contributed by atoms with van der Waals surface area (Å²) < 4.78 is 0. The van der Waals surface area contributed by atoms with Crippen molar-refractivity contribution in [3.63, 3.8) is 0 Å². The number of hydrogen-bond donors (Lipinski definition) is 3. The maximum Gasteiger partial charge on any atom is 0.315 e. The number of carbonyl (C=O) groups is 2. The Kier molecular flexibility index (Phi) is 8.16. The van der Waals surface area contributed by atoms with Gasteiger partial charge in [0.25, 0.3) is 0 Å². The third-order valence-electron chi connectivity index (χ3n) is 3.90. The molecule has 0 saturated heterocycles. The predicted octanol–water partition coefficient (Wildman–Crippen LogP) is 3.15. The average molecular weight is 298 g/mol. The van der Waals surface area contributed by atoms with Crippen LogP contribution >= 0.6 is 0 Å². The maximum absolute atomic E-state index is 11.7. The predicted molar refractivity (Wildman–Crippen MR) is 83.2 cm³/mol. The quantitative estimate of drug-likeness (QED) is 0.513. The summed E-state index contributed by atoms with van der Waals surface area (Å²) >= 11 is 0. The highest BCUT2D eigenvalue weighted by Crippen LogP contribution is 2.33. The van der Waals surface area contributed by atoms with Gasteiger partial charge in [-0.3, -0.25) is 4.79 Å². The van der Waals surface area contributed by atoms with Gasteiger partial charge < -0.3 is 15.7 Å². The second-order valence-electron chi connectivity index (χ2n) is 6.54. The van der Waals surface area contributed by atoms with Crippen molar-refractivity contribution in [1.29, 1.82) is 0 Å². The highest BCUT2D eigenvalue weighted by Gasteiger charge is 2.33. The molecule has 1 aliphatic carbocycles. The molecule has 0 aromatic heterocycles. The summed E-state index contributed by atoms with van der Waals surface area (Å²) in [6, 6.07) is -0.441. The number of aliphatic carboxylic acids is 1. The lowest BCUT2D eigenvalue weighted by molar-refractivity contribution is -0.137. The Balaban J connectivity index is 2.03. The van der Waals surface area contributed by atoms with Crippen molar-refractivity contribution < 1.29 is 14.7 Å². The van der Waals surface area contributed by atoms with Crippen molar-refractivity contribution in [2.75, 3.05) is 6.54 Å². The second kappa shape index (κ2) is 9.64. The number of hydrogen-bond acceptors (Lipinski definition) is 2. The fraction of sp³-hybridized carbons (Fsp3) is 0.875. The van der Waals surface area contributed by atoms with Crippen molar-refractivity contribution in [2.45, 2.75) is 71.3 Å². The van der Waals surface area contributed by atoms with E-state index in [1.54, 1.807) is 0 Å². The van der Waals surface area contributed by atoms with Crippen molar-refractivity contribution in [2.24, 2.45) is 11.8 Å². The van der Waals surface area contributed by atoms with E-state index in [2.05, 4.69) is 24.5 Å². The zero-order chi connectivity index (χ0) is 15.7. The Hall–Kier alpha value is -1.26. The standard InChI is InChI=1S/C16H30N2O3/c1-12(2)7-5-3-4-6-10-17-16(21)18-14(11-15(19)20)13-8-9-13/h12-14H,3-11H2,1-2H3,(H,19,20)(H2,17,18,21). The van der Waals surface area contributed by atoms with Gasteiger partial charge >= 0.3 is 12.0 Å². The van der Waals surface area contributed by atoms with E-state index in [-0.39, 0.29) is 18.5 Å². The minimum absolute atomic E-state index is 0.0211. The van der Waals surface area contributed by atoms with Gasteiger partial charge in [-0.25, -0.2) is 4.79 Å². The van der Waals surface area contributed by atoms with Crippen LogP contribution in [-0.2, 0) is 4.79 Å². The number of amides is 2. The molecule has 0 aliphatic heterocycles. The van der Waals surface area contributed by atoms with Gasteiger partial charge in [-0.05, 0) is 31.1 Å². The lowest BCUT2D eigenvalue weighted by Gasteiger charge is -2.16. The lowest BCUT2D eigenvalue weighted by atomic mass is 10.0. The van der Waals surface area contributed by atoms with Crippen molar-refractivity contribution in [3.05, 3.63) is 0 Å². The highest BCUT2D eigenvalue weighted by molar-refractivity contribution is 5.75. The number of unbranched alkanes of at least 4 members (excludes halogenated alkanes) is 3. The summed E-state index contributed by atoms with van der Waals surface area (Å²) in [5, 5.41) is 14.5. The van der Waals surface area contributed by atoms with E-state index in [9.17, 15) is 9.59 Å². The molecule has 0 aromatic carbocycles. The number of urea groups is 1. The van der Waals surface area contributed by atoms with Gasteiger partial charge in [-0.2, -0.15) is 0 Å². The monoisotopic (exact) mass is 298 g/mol. The molecular weight excluding hydrogens is 268 g/mol. The van der Waals surface area contributed by atoms with Crippen LogP contribution in [0.25, 0.3) is 0 Å². The number of nitrogens with one attached hydrogen (secondary N) is 2. The molecule has 122 valence electrons. The normalized spacial score (nSPS) is 15.8. The van der Waals surface area contributed by atoms with E-state index in [4.69, 9.17) is 5.11 Å². The lowest BCUT2D eigenvalue weighted by Crippen LogP contribution is -2.44. The number of rotatable bonds is 11. The molecule has 0 heterocycles. The van der Waals surface area contributed by atoms with E-state index in [0.717, 1.165) is 31.6 Å². The Morgan fingerprint density at radius 2 is 1.81 bits per heavy atom. The smallest absolute Gasteiger partial charge is 0.315 e. The summed E-state index contributed by atoms with van der Waals surface area (Å²) in [7, 11) is 0. The van der Waals surface area contributed by atoms with Crippen LogP contribution in [0.4, 0.5) is 4.79 Å². The minimum atomic E-state index is -0.850. The molecule has 1 fully saturated rings. The number of carboxylic acid groups (broad SMARTS) is 1. The van der Waals surface area contributed by atoms with E-state index in [1.807, 2.05) is 0 Å². The SMILES string of the molecule is CC(C)CCCCCCNC(=O)NC(CC(=O)O)C1CC1. The molecule has 0 spiro atoms. The molecule has 1 rings (SSSR count). The van der Waals surface area contributed by atoms with Crippen LogP contribution < -0.4 is 10.6 Å². The summed E-state index contributed by atoms with van der Waals surface area (Å²) in [5.41, 5.74) is 0. The van der Waals surface area contributed by atoms with Crippen LogP contribution in [0.15, 0.2) is 0 Å². The third-order valence-corrected chi connectivity index (χ3v) is 3.90.